The molecule has 2 nitrogen and oxygen atoms in total. The average Bonchev–Trinajstić information content (AvgIpc) is 2.17. The molecule has 1 aromatic rings. The molecule has 1 atom stereocenters. The molecule has 0 aliphatic rings. The van der Waals surface area contributed by atoms with E-state index in [4.69, 9.17) is 11.5 Å². The summed E-state index contributed by atoms with van der Waals surface area (Å²) >= 11 is 0. The highest BCUT2D eigenvalue weighted by Crippen LogP contribution is 2.34. The number of benzene rings is 1. The Morgan fingerprint density at radius 3 is 2.33 bits per heavy atom. The van der Waals surface area contributed by atoms with Crippen LogP contribution in [0.4, 0.5) is 13.2 Å². The van der Waals surface area contributed by atoms with Gasteiger partial charge in [-0.15, -0.1) is 0 Å². The van der Waals surface area contributed by atoms with E-state index in [1.165, 1.54) is 12.1 Å². The molecule has 0 heterocycles. The van der Waals surface area contributed by atoms with Crippen molar-refractivity contribution in [3.05, 3.63) is 35.4 Å². The van der Waals surface area contributed by atoms with Gasteiger partial charge in [0.25, 0.3) is 0 Å². The van der Waals surface area contributed by atoms with E-state index in [1.807, 2.05) is 0 Å². The molecule has 0 saturated heterocycles. The van der Waals surface area contributed by atoms with Crippen molar-refractivity contribution in [3.63, 3.8) is 0 Å². The summed E-state index contributed by atoms with van der Waals surface area (Å²) in [6.45, 7) is 0.271. The maximum absolute atomic E-state index is 12.6. The first-order chi connectivity index (χ1) is 6.96. The molecule has 0 amide bonds. The molecule has 0 fully saturated rings. The predicted octanol–water partition coefficient (Wildman–Crippen LogP) is 2.05. The third-order valence-corrected chi connectivity index (χ3v) is 2.14. The predicted molar refractivity (Wildman–Crippen MR) is 52.0 cm³/mol. The van der Waals surface area contributed by atoms with Gasteiger partial charge in [0.15, 0.2) is 0 Å². The van der Waals surface area contributed by atoms with Crippen molar-refractivity contribution >= 4 is 0 Å². The summed E-state index contributed by atoms with van der Waals surface area (Å²) in [7, 11) is 0. The van der Waals surface area contributed by atoms with Gasteiger partial charge in [-0.2, -0.15) is 13.2 Å². The third kappa shape index (κ3) is 2.94. The van der Waals surface area contributed by atoms with Crippen LogP contribution in [-0.4, -0.2) is 6.54 Å². The topological polar surface area (TPSA) is 52.0 Å². The van der Waals surface area contributed by atoms with Crippen LogP contribution in [0, 0.1) is 0 Å². The monoisotopic (exact) mass is 218 g/mol. The van der Waals surface area contributed by atoms with E-state index in [2.05, 4.69) is 0 Å². The zero-order valence-corrected chi connectivity index (χ0v) is 8.09. The summed E-state index contributed by atoms with van der Waals surface area (Å²) in [6.07, 6.45) is -4.02. The Kier molecular flexibility index (Phi) is 3.71. The van der Waals surface area contributed by atoms with Crippen LogP contribution in [0.2, 0.25) is 0 Å². The Hall–Kier alpha value is -1.07. The summed E-state index contributed by atoms with van der Waals surface area (Å²) in [5.41, 5.74) is 10.3. The number of alkyl halides is 3. The maximum Gasteiger partial charge on any atom is 0.416 e. The SMILES string of the molecule is NCC[C@H](N)c1ccccc1C(F)(F)F. The molecule has 15 heavy (non-hydrogen) atoms. The maximum atomic E-state index is 12.6. The third-order valence-electron chi connectivity index (χ3n) is 2.14. The van der Waals surface area contributed by atoms with Gasteiger partial charge in [0, 0.05) is 6.04 Å². The fourth-order valence-corrected chi connectivity index (χ4v) is 1.41. The molecule has 0 spiro atoms. The van der Waals surface area contributed by atoms with E-state index in [1.54, 1.807) is 6.07 Å². The first-order valence-electron chi connectivity index (χ1n) is 4.58. The van der Waals surface area contributed by atoms with Crippen molar-refractivity contribution in [2.45, 2.75) is 18.6 Å². The first kappa shape index (κ1) is 12.0. The van der Waals surface area contributed by atoms with Gasteiger partial charge in [0.05, 0.1) is 5.56 Å². The van der Waals surface area contributed by atoms with Crippen molar-refractivity contribution in [2.24, 2.45) is 11.5 Å². The highest BCUT2D eigenvalue weighted by molar-refractivity contribution is 5.32. The fourth-order valence-electron chi connectivity index (χ4n) is 1.41. The molecule has 0 aliphatic heterocycles. The van der Waals surface area contributed by atoms with Crippen LogP contribution >= 0.6 is 0 Å². The summed E-state index contributed by atoms with van der Waals surface area (Å²) in [5, 5.41) is 0. The van der Waals surface area contributed by atoms with Gasteiger partial charge in [-0.05, 0) is 24.6 Å². The zero-order valence-electron chi connectivity index (χ0n) is 8.09. The smallest absolute Gasteiger partial charge is 0.330 e. The Labute approximate surface area is 86.1 Å². The summed E-state index contributed by atoms with van der Waals surface area (Å²) in [5.74, 6) is 0. The Balaban J connectivity index is 3.06. The zero-order chi connectivity index (χ0) is 11.5. The lowest BCUT2D eigenvalue weighted by atomic mass is 9.98. The van der Waals surface area contributed by atoms with Crippen LogP contribution in [-0.2, 0) is 6.18 Å². The molecule has 5 heteroatoms. The quantitative estimate of drug-likeness (QED) is 0.815. The molecule has 0 saturated carbocycles. The van der Waals surface area contributed by atoms with Gasteiger partial charge in [-0.25, -0.2) is 0 Å². The lowest BCUT2D eigenvalue weighted by Gasteiger charge is -2.17. The number of hydrogen-bond donors (Lipinski definition) is 2. The van der Waals surface area contributed by atoms with Crippen LogP contribution < -0.4 is 11.5 Å². The number of halogens is 3. The highest BCUT2D eigenvalue weighted by atomic mass is 19.4. The van der Waals surface area contributed by atoms with Crippen LogP contribution in [0.5, 0.6) is 0 Å². The standard InChI is InChI=1S/C10H13F3N2/c11-10(12,13)8-4-2-1-3-7(8)9(15)5-6-14/h1-4,9H,5-6,14-15H2/t9-/m0/s1. The summed E-state index contributed by atoms with van der Waals surface area (Å²) in [4.78, 5) is 0. The lowest BCUT2D eigenvalue weighted by molar-refractivity contribution is -0.138. The molecular weight excluding hydrogens is 205 g/mol. The molecule has 0 unspecified atom stereocenters. The van der Waals surface area contributed by atoms with Crippen molar-refractivity contribution in [3.8, 4) is 0 Å². The second-order valence-corrected chi connectivity index (χ2v) is 3.27. The van der Waals surface area contributed by atoms with E-state index in [0.29, 0.717) is 6.42 Å². The number of nitrogens with two attached hydrogens (primary N) is 2. The molecule has 4 N–H and O–H groups in total. The van der Waals surface area contributed by atoms with E-state index in [0.717, 1.165) is 6.07 Å². The Morgan fingerprint density at radius 1 is 1.20 bits per heavy atom. The Morgan fingerprint density at radius 2 is 1.80 bits per heavy atom. The molecule has 1 aromatic carbocycles. The number of rotatable bonds is 3. The van der Waals surface area contributed by atoms with E-state index in [-0.39, 0.29) is 12.1 Å². The summed E-state index contributed by atoms with van der Waals surface area (Å²) < 4.78 is 37.7. The molecule has 1 rings (SSSR count). The molecule has 0 aliphatic carbocycles. The van der Waals surface area contributed by atoms with Gasteiger partial charge in [-0.3, -0.25) is 0 Å². The van der Waals surface area contributed by atoms with Crippen molar-refractivity contribution < 1.29 is 13.2 Å². The van der Waals surface area contributed by atoms with Crippen LogP contribution in [0.25, 0.3) is 0 Å². The van der Waals surface area contributed by atoms with Gasteiger partial charge in [0.1, 0.15) is 0 Å². The minimum absolute atomic E-state index is 0.107. The molecule has 84 valence electrons. The van der Waals surface area contributed by atoms with Gasteiger partial charge in [0.2, 0.25) is 0 Å². The lowest BCUT2D eigenvalue weighted by Crippen LogP contribution is -2.20. The molecule has 0 bridgehead atoms. The van der Waals surface area contributed by atoms with Gasteiger partial charge >= 0.3 is 6.18 Å². The van der Waals surface area contributed by atoms with E-state index < -0.39 is 17.8 Å². The average molecular weight is 218 g/mol. The highest BCUT2D eigenvalue weighted by Gasteiger charge is 2.33. The largest absolute Gasteiger partial charge is 0.416 e. The molecular formula is C10H13F3N2. The minimum atomic E-state index is -4.36. The van der Waals surface area contributed by atoms with Crippen LogP contribution in [0.3, 0.4) is 0 Å². The normalized spacial score (nSPS) is 13.9. The van der Waals surface area contributed by atoms with Crippen molar-refractivity contribution in [1.82, 2.24) is 0 Å². The Bertz CT molecular complexity index is 323. The van der Waals surface area contributed by atoms with Crippen LogP contribution in [0.15, 0.2) is 24.3 Å². The van der Waals surface area contributed by atoms with Gasteiger partial charge < -0.3 is 11.5 Å². The van der Waals surface area contributed by atoms with Crippen molar-refractivity contribution in [2.75, 3.05) is 6.54 Å². The minimum Gasteiger partial charge on any atom is -0.330 e. The van der Waals surface area contributed by atoms with E-state index >= 15 is 0 Å². The fraction of sp³-hybridized carbons (Fsp3) is 0.400. The molecule has 0 aromatic heterocycles. The second-order valence-electron chi connectivity index (χ2n) is 3.27. The van der Waals surface area contributed by atoms with Gasteiger partial charge in [-0.1, -0.05) is 18.2 Å². The van der Waals surface area contributed by atoms with Crippen molar-refractivity contribution in [1.29, 1.82) is 0 Å². The molecule has 0 radical (unpaired) electrons. The van der Waals surface area contributed by atoms with Crippen LogP contribution in [0.1, 0.15) is 23.6 Å². The number of hydrogen-bond acceptors (Lipinski definition) is 2. The second kappa shape index (κ2) is 4.63. The van der Waals surface area contributed by atoms with E-state index in [9.17, 15) is 13.2 Å². The first-order valence-corrected chi connectivity index (χ1v) is 4.58. The summed E-state index contributed by atoms with van der Waals surface area (Å²) in [6, 6.07) is 4.66.